The van der Waals surface area contributed by atoms with Gasteiger partial charge in [-0.05, 0) is 53.1 Å². The van der Waals surface area contributed by atoms with Gasteiger partial charge in [0.1, 0.15) is 0 Å². The van der Waals surface area contributed by atoms with Crippen molar-refractivity contribution in [1.82, 2.24) is 24.9 Å². The summed E-state index contributed by atoms with van der Waals surface area (Å²) < 4.78 is 2.06. The minimum atomic E-state index is 0.0165. The Hall–Kier alpha value is -2.15. The molecule has 0 aliphatic carbocycles. The second-order valence-corrected chi connectivity index (χ2v) is 6.73. The zero-order valence-electron chi connectivity index (χ0n) is 14.9. The van der Waals surface area contributed by atoms with Gasteiger partial charge in [-0.1, -0.05) is 0 Å². The fraction of sp³-hybridized carbons (Fsp3) is 0.588. The van der Waals surface area contributed by atoms with E-state index in [0.29, 0.717) is 12.6 Å². The minimum Gasteiger partial charge on any atom is -0.322 e. The molecule has 1 amide bonds. The van der Waals surface area contributed by atoms with Crippen LogP contribution in [0.25, 0.3) is 0 Å². The van der Waals surface area contributed by atoms with Crippen molar-refractivity contribution in [3.63, 3.8) is 0 Å². The van der Waals surface area contributed by atoms with Gasteiger partial charge in [0.25, 0.3) is 0 Å². The molecule has 1 fully saturated rings. The number of amides is 1. The van der Waals surface area contributed by atoms with Crippen LogP contribution in [0.3, 0.4) is 0 Å². The predicted octanol–water partition coefficient (Wildman–Crippen LogP) is 1.94. The number of aromatic amines is 1. The molecule has 24 heavy (non-hydrogen) atoms. The van der Waals surface area contributed by atoms with E-state index in [4.69, 9.17) is 0 Å². The number of H-pyrrole nitrogens is 1. The quantitative estimate of drug-likeness (QED) is 0.878. The van der Waals surface area contributed by atoms with E-state index in [1.165, 1.54) is 5.69 Å². The van der Waals surface area contributed by atoms with E-state index in [-0.39, 0.29) is 5.91 Å². The number of aromatic nitrogens is 4. The van der Waals surface area contributed by atoms with Crippen LogP contribution in [0.1, 0.15) is 35.6 Å². The Morgan fingerprint density at radius 3 is 2.79 bits per heavy atom. The number of nitrogens with zero attached hydrogens (tertiary/aromatic N) is 4. The highest BCUT2D eigenvalue weighted by molar-refractivity contribution is 5.93. The van der Waals surface area contributed by atoms with Gasteiger partial charge in [-0.3, -0.25) is 19.5 Å². The minimum absolute atomic E-state index is 0.0165. The number of aryl methyl sites for hydroxylation is 4. The van der Waals surface area contributed by atoms with E-state index in [0.717, 1.165) is 48.7 Å². The molecule has 2 N–H and O–H groups in total. The highest BCUT2D eigenvalue weighted by Gasteiger charge is 2.27. The summed E-state index contributed by atoms with van der Waals surface area (Å²) in [4.78, 5) is 14.7. The van der Waals surface area contributed by atoms with E-state index in [9.17, 15) is 4.79 Å². The molecular weight excluding hydrogens is 304 g/mol. The molecular formula is C17H26N6O. The zero-order chi connectivity index (χ0) is 17.3. The molecule has 1 atom stereocenters. The Labute approximate surface area is 142 Å². The Morgan fingerprint density at radius 2 is 2.17 bits per heavy atom. The van der Waals surface area contributed by atoms with Crippen LogP contribution in [0.2, 0.25) is 0 Å². The molecule has 7 heteroatoms. The predicted molar refractivity (Wildman–Crippen MR) is 93.0 cm³/mol. The first kappa shape index (κ1) is 16.7. The lowest BCUT2D eigenvalue weighted by atomic mass is 10.2. The summed E-state index contributed by atoms with van der Waals surface area (Å²) in [5, 5.41) is 14.6. The number of anilines is 1. The summed E-state index contributed by atoms with van der Waals surface area (Å²) in [5.41, 5.74) is 4.73. The maximum absolute atomic E-state index is 12.4. The lowest BCUT2D eigenvalue weighted by Gasteiger charge is -2.24. The van der Waals surface area contributed by atoms with Crippen LogP contribution in [0.15, 0.2) is 6.07 Å². The molecule has 0 unspecified atom stereocenters. The van der Waals surface area contributed by atoms with Crippen LogP contribution in [-0.4, -0.2) is 49.9 Å². The lowest BCUT2D eigenvalue weighted by molar-refractivity contribution is -0.117. The molecule has 1 aliphatic heterocycles. The SMILES string of the molecule is Cc1cc(C)n(C[C@H]2CCCN2CC(=O)Nc2c(C)n[nH]c2C)n1. The van der Waals surface area contributed by atoms with E-state index in [1.807, 2.05) is 20.8 Å². The number of carbonyl (C=O) groups is 1. The average Bonchev–Trinajstić information content (AvgIpc) is 3.17. The van der Waals surface area contributed by atoms with Gasteiger partial charge >= 0.3 is 0 Å². The van der Waals surface area contributed by atoms with E-state index < -0.39 is 0 Å². The summed E-state index contributed by atoms with van der Waals surface area (Å²) in [6.45, 7) is 10.1. The molecule has 0 spiro atoms. The third-order valence-corrected chi connectivity index (χ3v) is 4.73. The molecule has 0 saturated carbocycles. The van der Waals surface area contributed by atoms with Gasteiger partial charge in [0.15, 0.2) is 0 Å². The number of nitrogens with one attached hydrogen (secondary N) is 2. The Bertz CT molecular complexity index is 712. The highest BCUT2D eigenvalue weighted by atomic mass is 16.2. The van der Waals surface area contributed by atoms with E-state index >= 15 is 0 Å². The van der Waals surface area contributed by atoms with Gasteiger partial charge in [0.2, 0.25) is 5.91 Å². The van der Waals surface area contributed by atoms with Crippen LogP contribution in [-0.2, 0) is 11.3 Å². The van der Waals surface area contributed by atoms with Crippen LogP contribution < -0.4 is 5.32 Å². The number of carbonyl (C=O) groups excluding carboxylic acids is 1. The maximum Gasteiger partial charge on any atom is 0.238 e. The Morgan fingerprint density at radius 1 is 1.38 bits per heavy atom. The zero-order valence-corrected chi connectivity index (χ0v) is 14.9. The molecule has 1 saturated heterocycles. The van der Waals surface area contributed by atoms with Crippen molar-refractivity contribution < 1.29 is 4.79 Å². The molecule has 3 heterocycles. The fourth-order valence-corrected chi connectivity index (χ4v) is 3.47. The molecule has 130 valence electrons. The van der Waals surface area contributed by atoms with E-state index in [1.54, 1.807) is 0 Å². The summed E-state index contributed by atoms with van der Waals surface area (Å²) in [7, 11) is 0. The van der Waals surface area contributed by atoms with Gasteiger partial charge in [0.05, 0.1) is 35.9 Å². The smallest absolute Gasteiger partial charge is 0.238 e. The van der Waals surface area contributed by atoms with Crippen LogP contribution >= 0.6 is 0 Å². The molecule has 0 bridgehead atoms. The van der Waals surface area contributed by atoms with Crippen LogP contribution in [0.4, 0.5) is 5.69 Å². The second-order valence-electron chi connectivity index (χ2n) is 6.73. The van der Waals surface area contributed by atoms with Crippen molar-refractivity contribution in [1.29, 1.82) is 0 Å². The third kappa shape index (κ3) is 3.51. The van der Waals surface area contributed by atoms with Crippen molar-refractivity contribution in [3.8, 4) is 0 Å². The number of hydrogen-bond acceptors (Lipinski definition) is 4. The largest absolute Gasteiger partial charge is 0.322 e. The standard InChI is InChI=1S/C17H26N6O/c1-11-8-12(2)23(21-11)9-15-6-5-7-22(15)10-16(24)18-17-13(3)19-20-14(17)4/h8,15H,5-7,9-10H2,1-4H3,(H,18,24)(H,19,20)/t15-/m1/s1. The topological polar surface area (TPSA) is 78.8 Å². The maximum atomic E-state index is 12.4. The molecule has 0 aromatic carbocycles. The van der Waals surface area contributed by atoms with Gasteiger partial charge in [-0.2, -0.15) is 10.2 Å². The highest BCUT2D eigenvalue weighted by Crippen LogP contribution is 2.20. The molecule has 3 rings (SSSR count). The summed E-state index contributed by atoms with van der Waals surface area (Å²) in [6, 6.07) is 2.46. The second kappa shape index (κ2) is 6.76. The van der Waals surface area contributed by atoms with Gasteiger partial charge in [-0.25, -0.2) is 0 Å². The number of likely N-dealkylation sites (tertiary alicyclic amines) is 1. The first-order chi connectivity index (χ1) is 11.4. The van der Waals surface area contributed by atoms with Crippen molar-refractivity contribution in [2.75, 3.05) is 18.4 Å². The van der Waals surface area contributed by atoms with Crippen LogP contribution in [0.5, 0.6) is 0 Å². The summed E-state index contributed by atoms with van der Waals surface area (Å²) >= 11 is 0. The Balaban J connectivity index is 1.61. The molecule has 1 aliphatic rings. The number of hydrogen-bond donors (Lipinski definition) is 2. The molecule has 7 nitrogen and oxygen atoms in total. The van der Waals surface area contributed by atoms with E-state index in [2.05, 4.69) is 43.2 Å². The van der Waals surface area contributed by atoms with Crippen LogP contribution in [0, 0.1) is 27.7 Å². The van der Waals surface area contributed by atoms with Crippen molar-refractivity contribution in [2.45, 2.75) is 53.1 Å². The molecule has 0 radical (unpaired) electrons. The van der Waals surface area contributed by atoms with Gasteiger partial charge < -0.3 is 5.32 Å². The first-order valence-corrected chi connectivity index (χ1v) is 8.50. The summed E-state index contributed by atoms with van der Waals surface area (Å²) in [5.74, 6) is 0.0165. The van der Waals surface area contributed by atoms with Gasteiger partial charge in [-0.15, -0.1) is 0 Å². The van der Waals surface area contributed by atoms with Crippen molar-refractivity contribution >= 4 is 11.6 Å². The normalized spacial score (nSPS) is 18.2. The lowest BCUT2D eigenvalue weighted by Crippen LogP contribution is -2.39. The monoisotopic (exact) mass is 330 g/mol. The molecule has 2 aromatic rings. The summed E-state index contributed by atoms with van der Waals surface area (Å²) in [6.07, 6.45) is 2.23. The Kier molecular flexibility index (Phi) is 4.71. The average molecular weight is 330 g/mol. The van der Waals surface area contributed by atoms with Gasteiger partial charge in [0, 0.05) is 11.7 Å². The fourth-order valence-electron chi connectivity index (χ4n) is 3.47. The van der Waals surface area contributed by atoms with Crippen molar-refractivity contribution in [3.05, 3.63) is 28.8 Å². The molecule has 2 aromatic heterocycles. The third-order valence-electron chi connectivity index (χ3n) is 4.73. The first-order valence-electron chi connectivity index (χ1n) is 8.50. The number of rotatable bonds is 5. The van der Waals surface area contributed by atoms with Crippen molar-refractivity contribution in [2.24, 2.45) is 0 Å².